The van der Waals surface area contributed by atoms with E-state index in [-0.39, 0.29) is 41.9 Å². The molecule has 0 bridgehead atoms. The molecule has 1 N–H and O–H groups in total. The number of hydrazone groups is 1. The summed E-state index contributed by atoms with van der Waals surface area (Å²) in [5, 5.41) is 2.89. The number of aryl methyl sites for hydroxylation is 2. The fourth-order valence-electron chi connectivity index (χ4n) is 2.00. The first kappa shape index (κ1) is 22.9. The van der Waals surface area contributed by atoms with Gasteiger partial charge in [0.05, 0.1) is 6.21 Å². The van der Waals surface area contributed by atoms with E-state index in [1.165, 1.54) is 6.07 Å². The number of hydrogen-bond acceptors (Lipinski definition) is 7. The van der Waals surface area contributed by atoms with E-state index in [9.17, 15) is 17.8 Å². The summed E-state index contributed by atoms with van der Waals surface area (Å²) in [4.78, 5) is 11.7. The fraction of sp³-hybridized carbons (Fsp3) is 0.200. The minimum Gasteiger partial charge on any atom is -0.742 e. The molecule has 8 nitrogen and oxygen atoms in total. The second-order valence-corrected chi connectivity index (χ2v) is 7.29. The van der Waals surface area contributed by atoms with Crippen LogP contribution in [0.15, 0.2) is 43.3 Å². The van der Waals surface area contributed by atoms with Crippen LogP contribution < -0.4 is 39.7 Å². The Morgan fingerprint density at radius 3 is 2.50 bits per heavy atom. The van der Waals surface area contributed by atoms with Crippen LogP contribution in [0.1, 0.15) is 16.9 Å². The van der Waals surface area contributed by atoms with Gasteiger partial charge in [-0.05, 0) is 49.2 Å². The summed E-state index contributed by atoms with van der Waals surface area (Å²) in [5.41, 5.74) is 3.97. The third-order valence-corrected chi connectivity index (χ3v) is 4.17. The Labute approximate surface area is 181 Å². The van der Waals surface area contributed by atoms with E-state index in [0.717, 1.165) is 27.9 Å². The number of furan rings is 1. The fourth-order valence-corrected chi connectivity index (χ4v) is 3.12. The van der Waals surface area contributed by atoms with Gasteiger partial charge < -0.3 is 13.7 Å². The summed E-state index contributed by atoms with van der Waals surface area (Å²) in [6.45, 7) is 3.47. The van der Waals surface area contributed by atoms with Gasteiger partial charge in [-0.2, -0.15) is 5.10 Å². The van der Waals surface area contributed by atoms with Crippen molar-refractivity contribution in [1.82, 2.24) is 5.43 Å². The first-order chi connectivity index (χ1) is 11.7. The molecule has 1 heterocycles. The Kier molecular flexibility index (Phi) is 8.51. The van der Waals surface area contributed by atoms with Crippen LogP contribution in [0.25, 0.3) is 0 Å². The van der Waals surface area contributed by atoms with Crippen molar-refractivity contribution in [2.75, 3.05) is 6.61 Å². The number of nitrogens with one attached hydrogen (secondary N) is 1. The van der Waals surface area contributed by atoms with Crippen molar-refractivity contribution < 1.29 is 56.5 Å². The molecule has 26 heavy (non-hydrogen) atoms. The van der Waals surface area contributed by atoms with E-state index in [1.807, 2.05) is 26.0 Å². The third-order valence-electron chi connectivity index (χ3n) is 3.00. The second kappa shape index (κ2) is 9.67. The average Bonchev–Trinajstić information content (AvgIpc) is 2.95. The van der Waals surface area contributed by atoms with E-state index < -0.39 is 21.1 Å². The number of hydrogen-bond donors (Lipinski definition) is 1. The summed E-state index contributed by atoms with van der Waals surface area (Å²) >= 11 is 3.38. The van der Waals surface area contributed by atoms with Crippen molar-refractivity contribution in [2.24, 2.45) is 5.10 Å². The zero-order chi connectivity index (χ0) is 18.6. The van der Waals surface area contributed by atoms with Crippen molar-refractivity contribution >= 4 is 38.2 Å². The molecule has 134 valence electrons. The van der Waals surface area contributed by atoms with Crippen LogP contribution in [0.4, 0.5) is 0 Å². The maximum Gasteiger partial charge on any atom is 1.00 e. The van der Waals surface area contributed by atoms with Gasteiger partial charge in [0.2, 0.25) is 5.09 Å². The number of carbonyl (C=O) groups is 1. The summed E-state index contributed by atoms with van der Waals surface area (Å²) < 4.78 is 43.4. The van der Waals surface area contributed by atoms with E-state index >= 15 is 0 Å². The van der Waals surface area contributed by atoms with Gasteiger partial charge in [0, 0.05) is 4.47 Å². The monoisotopic (exact) mass is 452 g/mol. The van der Waals surface area contributed by atoms with Crippen LogP contribution >= 0.6 is 15.9 Å². The third kappa shape index (κ3) is 6.53. The normalized spacial score (nSPS) is 11.2. The SMILES string of the molecule is Cc1cc(Br)cc(C)c1OCC(=O)NN=Cc1ccc(S(=O)(=O)[O-])o1.[Na+]. The number of benzene rings is 1. The van der Waals surface area contributed by atoms with Crippen LogP contribution in [0.2, 0.25) is 0 Å². The summed E-state index contributed by atoms with van der Waals surface area (Å²) in [6, 6.07) is 5.99. The van der Waals surface area contributed by atoms with Gasteiger partial charge in [0.25, 0.3) is 5.91 Å². The molecule has 0 saturated carbocycles. The predicted molar refractivity (Wildman–Crippen MR) is 91.5 cm³/mol. The Hall–Kier alpha value is -1.17. The van der Waals surface area contributed by atoms with Gasteiger partial charge in [0.15, 0.2) is 16.7 Å². The average molecular weight is 453 g/mol. The van der Waals surface area contributed by atoms with Gasteiger partial charge in [-0.1, -0.05) is 15.9 Å². The second-order valence-electron chi connectivity index (χ2n) is 5.06. The molecular formula is C15H14BrN2NaO6S. The van der Waals surface area contributed by atoms with E-state index in [4.69, 9.17) is 9.15 Å². The van der Waals surface area contributed by atoms with Crippen LogP contribution in [-0.4, -0.2) is 31.7 Å². The van der Waals surface area contributed by atoms with Gasteiger partial charge in [-0.25, -0.2) is 13.8 Å². The molecule has 0 fully saturated rings. The largest absolute Gasteiger partial charge is 1.00 e. The van der Waals surface area contributed by atoms with Gasteiger partial charge >= 0.3 is 29.6 Å². The number of halogens is 1. The van der Waals surface area contributed by atoms with Crippen LogP contribution in [0.3, 0.4) is 0 Å². The van der Waals surface area contributed by atoms with E-state index in [1.54, 1.807) is 0 Å². The minimum atomic E-state index is -4.66. The maximum absolute atomic E-state index is 11.7. The van der Waals surface area contributed by atoms with Crippen molar-refractivity contribution in [3.05, 3.63) is 45.6 Å². The van der Waals surface area contributed by atoms with Crippen LogP contribution in [-0.2, 0) is 14.9 Å². The van der Waals surface area contributed by atoms with Crippen molar-refractivity contribution in [1.29, 1.82) is 0 Å². The first-order valence-electron chi connectivity index (χ1n) is 6.94. The summed E-state index contributed by atoms with van der Waals surface area (Å²) in [7, 11) is -4.66. The molecule has 2 rings (SSSR count). The molecular weight excluding hydrogens is 439 g/mol. The minimum absolute atomic E-state index is 0. The molecule has 0 unspecified atom stereocenters. The van der Waals surface area contributed by atoms with E-state index in [2.05, 4.69) is 26.5 Å². The van der Waals surface area contributed by atoms with Crippen molar-refractivity contribution in [3.8, 4) is 5.75 Å². The van der Waals surface area contributed by atoms with Gasteiger partial charge in [-0.15, -0.1) is 0 Å². The smallest absolute Gasteiger partial charge is 0.742 e. The molecule has 0 aliphatic carbocycles. The zero-order valence-electron chi connectivity index (χ0n) is 14.3. The summed E-state index contributed by atoms with van der Waals surface area (Å²) in [6.07, 6.45) is 1.07. The molecule has 0 aliphatic rings. The number of nitrogens with zero attached hydrogens (tertiary/aromatic N) is 1. The quantitative estimate of drug-likeness (QED) is 0.262. The van der Waals surface area contributed by atoms with Gasteiger partial charge in [-0.3, -0.25) is 4.79 Å². The first-order valence-corrected chi connectivity index (χ1v) is 9.14. The Morgan fingerprint density at radius 2 is 1.96 bits per heavy atom. The number of carbonyl (C=O) groups excluding carboxylic acids is 1. The topological polar surface area (TPSA) is 121 Å². The van der Waals surface area contributed by atoms with E-state index in [0.29, 0.717) is 5.75 Å². The molecule has 0 aliphatic heterocycles. The molecule has 0 radical (unpaired) electrons. The Balaban J connectivity index is 0.00000338. The number of ether oxygens (including phenoxy) is 1. The standard InChI is InChI=1S/C15H15BrN2O6S.Na/c1-9-5-11(16)6-10(2)15(9)23-8-13(19)18-17-7-12-3-4-14(24-12)25(20,21)22;/h3-7H,8H2,1-2H3,(H,18,19)(H,20,21,22);/q;+1/p-1. The molecule has 1 aromatic carbocycles. The van der Waals surface area contributed by atoms with Crippen LogP contribution in [0.5, 0.6) is 5.75 Å². The Bertz CT molecular complexity index is 903. The molecule has 0 spiro atoms. The van der Waals surface area contributed by atoms with Crippen LogP contribution in [0, 0.1) is 13.8 Å². The van der Waals surface area contributed by atoms with Crippen molar-refractivity contribution in [2.45, 2.75) is 18.9 Å². The molecule has 2 aromatic rings. The maximum atomic E-state index is 11.7. The number of amides is 1. The number of rotatable bonds is 6. The molecule has 0 saturated heterocycles. The van der Waals surface area contributed by atoms with Gasteiger partial charge in [0.1, 0.15) is 11.5 Å². The molecule has 1 aromatic heterocycles. The summed E-state index contributed by atoms with van der Waals surface area (Å²) in [5.74, 6) is 0.107. The molecule has 1 amide bonds. The molecule has 11 heteroatoms. The van der Waals surface area contributed by atoms with Crippen molar-refractivity contribution in [3.63, 3.8) is 0 Å². The zero-order valence-corrected chi connectivity index (χ0v) is 18.7. The Morgan fingerprint density at radius 1 is 1.35 bits per heavy atom. The predicted octanol–water partition coefficient (Wildman–Crippen LogP) is -0.904. The molecule has 0 atom stereocenters.